The van der Waals surface area contributed by atoms with E-state index in [-0.39, 0.29) is 11.6 Å². The van der Waals surface area contributed by atoms with E-state index in [1.807, 2.05) is 33.8 Å². The number of nitrogens with two attached hydrogens (primary N) is 1. The van der Waals surface area contributed by atoms with Crippen LogP contribution in [0.5, 0.6) is 5.75 Å². The Bertz CT molecular complexity index is 511. The summed E-state index contributed by atoms with van der Waals surface area (Å²) < 4.78 is 16.6. The second-order valence-electron chi connectivity index (χ2n) is 6.78. The van der Waals surface area contributed by atoms with E-state index in [0.29, 0.717) is 24.5 Å². The van der Waals surface area contributed by atoms with Gasteiger partial charge in [-0.2, -0.15) is 0 Å². The summed E-state index contributed by atoms with van der Waals surface area (Å²) in [5.41, 5.74) is 5.42. The predicted octanol–water partition coefficient (Wildman–Crippen LogP) is 3.16. The Morgan fingerprint density at radius 1 is 1.13 bits per heavy atom. The lowest BCUT2D eigenvalue weighted by molar-refractivity contribution is -0.0435. The van der Waals surface area contributed by atoms with Crippen LogP contribution in [0.3, 0.4) is 0 Å². The quantitative estimate of drug-likeness (QED) is 0.707. The Balaban J connectivity index is 2.59. The lowest BCUT2D eigenvalue weighted by Gasteiger charge is -2.30. The third-order valence-electron chi connectivity index (χ3n) is 3.59. The Morgan fingerprint density at radius 2 is 1.83 bits per heavy atom. The molecule has 1 aromatic rings. The number of carbonyl (C=O) groups excluding carboxylic acids is 1. The zero-order chi connectivity index (χ0) is 17.5. The highest BCUT2D eigenvalue weighted by Crippen LogP contribution is 2.23. The average molecular weight is 323 g/mol. The maximum absolute atomic E-state index is 11.6. The van der Waals surface area contributed by atoms with Gasteiger partial charge < -0.3 is 19.9 Å². The van der Waals surface area contributed by atoms with Crippen LogP contribution in [0.25, 0.3) is 0 Å². The van der Waals surface area contributed by atoms with Crippen LogP contribution in [0.2, 0.25) is 0 Å². The largest absolute Gasteiger partial charge is 0.488 e. The zero-order valence-electron chi connectivity index (χ0n) is 14.8. The van der Waals surface area contributed by atoms with Crippen LogP contribution in [0.15, 0.2) is 24.3 Å². The number of carbonyl (C=O) groups is 1. The van der Waals surface area contributed by atoms with Crippen LogP contribution in [-0.4, -0.2) is 37.4 Å². The van der Waals surface area contributed by atoms with Crippen molar-refractivity contribution in [2.24, 2.45) is 5.73 Å². The third kappa shape index (κ3) is 7.01. The van der Waals surface area contributed by atoms with Crippen molar-refractivity contribution < 1.29 is 19.0 Å². The molecule has 0 aromatic heterocycles. The van der Waals surface area contributed by atoms with E-state index < -0.39 is 5.60 Å². The van der Waals surface area contributed by atoms with E-state index in [2.05, 4.69) is 0 Å². The molecule has 0 fully saturated rings. The molecule has 0 aliphatic rings. The molecule has 0 unspecified atom stereocenters. The van der Waals surface area contributed by atoms with Crippen molar-refractivity contribution in [3.05, 3.63) is 29.8 Å². The van der Waals surface area contributed by atoms with Gasteiger partial charge in [-0.25, -0.2) is 4.79 Å². The highest BCUT2D eigenvalue weighted by molar-refractivity contribution is 5.89. The van der Waals surface area contributed by atoms with Gasteiger partial charge in [-0.1, -0.05) is 6.07 Å². The fourth-order valence-corrected chi connectivity index (χ4v) is 2.17. The Morgan fingerprint density at radius 3 is 2.43 bits per heavy atom. The molecular weight excluding hydrogens is 294 g/mol. The Labute approximate surface area is 139 Å². The van der Waals surface area contributed by atoms with Crippen LogP contribution in [0.4, 0.5) is 0 Å². The number of hydrogen-bond acceptors (Lipinski definition) is 5. The lowest BCUT2D eigenvalue weighted by Crippen LogP contribution is -2.34. The zero-order valence-corrected chi connectivity index (χ0v) is 14.8. The standard InChI is InChI=1S/C18H29NO4/c1-17(2,9-11-19)22-12-10-18(3,4)23-15-8-6-7-14(13-15)16(20)21-5/h6-8,13H,9-12,19H2,1-5H3. The summed E-state index contributed by atoms with van der Waals surface area (Å²) in [6.45, 7) is 9.25. The molecule has 23 heavy (non-hydrogen) atoms. The smallest absolute Gasteiger partial charge is 0.337 e. The molecule has 0 amide bonds. The number of ether oxygens (including phenoxy) is 3. The summed E-state index contributed by atoms with van der Waals surface area (Å²) in [6.07, 6.45) is 1.54. The van der Waals surface area contributed by atoms with Crippen molar-refractivity contribution in [3.8, 4) is 5.75 Å². The lowest BCUT2D eigenvalue weighted by atomic mass is 10.0. The normalized spacial score (nSPS) is 12.1. The topological polar surface area (TPSA) is 70.8 Å². The van der Waals surface area contributed by atoms with Crippen LogP contribution in [0.1, 0.15) is 50.9 Å². The molecule has 0 bridgehead atoms. The molecule has 0 saturated carbocycles. The molecule has 0 saturated heterocycles. The molecular formula is C18H29NO4. The summed E-state index contributed by atoms with van der Waals surface area (Å²) in [5, 5.41) is 0. The number of methoxy groups -OCH3 is 1. The first-order chi connectivity index (χ1) is 10.7. The molecule has 130 valence electrons. The monoisotopic (exact) mass is 323 g/mol. The van der Waals surface area contributed by atoms with Gasteiger partial charge in [-0.05, 0) is 58.9 Å². The molecule has 1 aromatic carbocycles. The molecule has 5 heteroatoms. The average Bonchev–Trinajstić information content (AvgIpc) is 2.45. The van der Waals surface area contributed by atoms with E-state index in [1.54, 1.807) is 18.2 Å². The fourth-order valence-electron chi connectivity index (χ4n) is 2.17. The second-order valence-corrected chi connectivity index (χ2v) is 6.78. The minimum absolute atomic E-state index is 0.227. The van der Waals surface area contributed by atoms with Crippen molar-refractivity contribution in [2.75, 3.05) is 20.3 Å². The first-order valence-corrected chi connectivity index (χ1v) is 7.90. The van der Waals surface area contributed by atoms with E-state index in [0.717, 1.165) is 12.8 Å². The Kier molecular flexibility index (Phi) is 7.03. The number of esters is 1. The summed E-state index contributed by atoms with van der Waals surface area (Å²) >= 11 is 0. The fraction of sp³-hybridized carbons (Fsp3) is 0.611. The SMILES string of the molecule is COC(=O)c1cccc(OC(C)(C)CCOC(C)(C)CCN)c1. The van der Waals surface area contributed by atoms with Gasteiger partial charge >= 0.3 is 5.97 Å². The molecule has 0 aliphatic heterocycles. The van der Waals surface area contributed by atoms with Gasteiger partial charge in [0.05, 0.1) is 24.9 Å². The molecule has 2 N–H and O–H groups in total. The second kappa shape index (κ2) is 8.31. The molecule has 1 rings (SSSR count). The van der Waals surface area contributed by atoms with E-state index in [4.69, 9.17) is 19.9 Å². The van der Waals surface area contributed by atoms with Crippen molar-refractivity contribution in [1.82, 2.24) is 0 Å². The summed E-state index contributed by atoms with van der Waals surface area (Å²) in [4.78, 5) is 11.6. The maximum Gasteiger partial charge on any atom is 0.337 e. The van der Waals surface area contributed by atoms with E-state index in [1.165, 1.54) is 7.11 Å². The molecule has 5 nitrogen and oxygen atoms in total. The van der Waals surface area contributed by atoms with Gasteiger partial charge in [0.1, 0.15) is 11.4 Å². The van der Waals surface area contributed by atoms with Gasteiger partial charge in [-0.15, -0.1) is 0 Å². The van der Waals surface area contributed by atoms with E-state index in [9.17, 15) is 4.79 Å². The number of rotatable bonds is 9. The molecule has 0 aliphatic carbocycles. The number of hydrogen-bond donors (Lipinski definition) is 1. The third-order valence-corrected chi connectivity index (χ3v) is 3.59. The molecule has 0 radical (unpaired) electrons. The summed E-state index contributed by atoms with van der Waals surface area (Å²) in [7, 11) is 1.36. The summed E-state index contributed by atoms with van der Waals surface area (Å²) in [5.74, 6) is 0.263. The first kappa shape index (κ1) is 19.5. The maximum atomic E-state index is 11.6. The number of benzene rings is 1. The van der Waals surface area contributed by atoms with Crippen molar-refractivity contribution in [2.45, 2.75) is 51.7 Å². The summed E-state index contributed by atoms with van der Waals surface area (Å²) in [6, 6.07) is 6.99. The minimum atomic E-state index is -0.409. The van der Waals surface area contributed by atoms with Gasteiger partial charge in [0, 0.05) is 6.42 Å². The van der Waals surface area contributed by atoms with Crippen molar-refractivity contribution in [1.29, 1.82) is 0 Å². The van der Waals surface area contributed by atoms with Crippen LogP contribution >= 0.6 is 0 Å². The van der Waals surface area contributed by atoms with Gasteiger partial charge in [-0.3, -0.25) is 0 Å². The predicted molar refractivity (Wildman–Crippen MR) is 90.8 cm³/mol. The van der Waals surface area contributed by atoms with Gasteiger partial charge in [0.2, 0.25) is 0 Å². The van der Waals surface area contributed by atoms with Crippen LogP contribution in [-0.2, 0) is 9.47 Å². The first-order valence-electron chi connectivity index (χ1n) is 7.90. The van der Waals surface area contributed by atoms with Crippen LogP contribution in [0, 0.1) is 0 Å². The minimum Gasteiger partial charge on any atom is -0.488 e. The van der Waals surface area contributed by atoms with Crippen molar-refractivity contribution >= 4 is 5.97 Å². The molecule has 0 atom stereocenters. The van der Waals surface area contributed by atoms with E-state index >= 15 is 0 Å². The van der Waals surface area contributed by atoms with Crippen molar-refractivity contribution in [3.63, 3.8) is 0 Å². The van der Waals surface area contributed by atoms with Gasteiger partial charge in [0.15, 0.2) is 0 Å². The highest BCUT2D eigenvalue weighted by atomic mass is 16.5. The van der Waals surface area contributed by atoms with Crippen LogP contribution < -0.4 is 10.5 Å². The van der Waals surface area contributed by atoms with Gasteiger partial charge in [0.25, 0.3) is 0 Å². The highest BCUT2D eigenvalue weighted by Gasteiger charge is 2.23. The molecule has 0 spiro atoms. The Hall–Kier alpha value is -1.59. The molecule has 0 heterocycles.